The lowest BCUT2D eigenvalue weighted by Crippen LogP contribution is -2.06. The van der Waals surface area contributed by atoms with E-state index in [1.165, 1.54) is 27.4 Å². The highest BCUT2D eigenvalue weighted by Gasteiger charge is 2.27. The summed E-state index contributed by atoms with van der Waals surface area (Å²) in [6.07, 6.45) is 1.54. The molecule has 0 spiro atoms. The molecule has 8 heteroatoms. The summed E-state index contributed by atoms with van der Waals surface area (Å²) in [6, 6.07) is 8.24. The van der Waals surface area contributed by atoms with E-state index in [0.717, 1.165) is 0 Å². The van der Waals surface area contributed by atoms with Crippen LogP contribution in [-0.4, -0.2) is 33.2 Å². The van der Waals surface area contributed by atoms with Crippen LogP contribution in [0.4, 0.5) is 0 Å². The molecule has 1 aliphatic heterocycles. The van der Waals surface area contributed by atoms with Crippen molar-refractivity contribution in [2.75, 3.05) is 21.3 Å². The molecular weight excluding hydrogens is 393 g/mol. The third kappa shape index (κ3) is 3.72. The Kier molecular flexibility index (Phi) is 5.58. The number of aliphatic imine (C=N–C) groups is 1. The maximum atomic E-state index is 12.3. The fraction of sp³-hybridized carbons (Fsp3) is 0.158. The number of carbonyl (C=O) groups is 1. The molecule has 0 saturated carbocycles. The second-order valence-corrected chi connectivity index (χ2v) is 6.23. The first-order valence-corrected chi connectivity index (χ1v) is 8.51. The van der Waals surface area contributed by atoms with Crippen LogP contribution in [0.3, 0.4) is 0 Å². The standard InChI is InChI=1S/C19H15Cl2NO5/c1-24-15-7-4-10(16(25-2)17(15)26-3)8-14-19(23)27-18(22-14)12-9-11(20)5-6-13(12)21/h4-9H,1-3H3/b14-8+. The fourth-order valence-electron chi connectivity index (χ4n) is 2.57. The van der Waals surface area contributed by atoms with Crippen LogP contribution in [0.15, 0.2) is 41.0 Å². The highest BCUT2D eigenvalue weighted by atomic mass is 35.5. The topological polar surface area (TPSA) is 66.4 Å². The summed E-state index contributed by atoms with van der Waals surface area (Å²) in [6.45, 7) is 0. The number of carbonyl (C=O) groups excluding carboxylic acids is 1. The van der Waals surface area contributed by atoms with Crippen molar-refractivity contribution in [1.29, 1.82) is 0 Å². The van der Waals surface area contributed by atoms with Crippen LogP contribution in [0.5, 0.6) is 17.2 Å². The van der Waals surface area contributed by atoms with Gasteiger partial charge >= 0.3 is 5.97 Å². The van der Waals surface area contributed by atoms with E-state index in [1.54, 1.807) is 30.3 Å². The van der Waals surface area contributed by atoms with Gasteiger partial charge in [0.2, 0.25) is 11.6 Å². The van der Waals surface area contributed by atoms with Crippen LogP contribution in [0.2, 0.25) is 10.0 Å². The number of rotatable bonds is 5. The lowest BCUT2D eigenvalue weighted by atomic mass is 10.1. The maximum Gasteiger partial charge on any atom is 0.363 e. The third-order valence-electron chi connectivity index (χ3n) is 3.81. The van der Waals surface area contributed by atoms with Crippen LogP contribution in [0, 0.1) is 0 Å². The van der Waals surface area contributed by atoms with Crippen molar-refractivity contribution in [1.82, 2.24) is 0 Å². The number of benzene rings is 2. The molecule has 1 heterocycles. The van der Waals surface area contributed by atoms with Gasteiger partial charge in [-0.15, -0.1) is 0 Å². The first-order chi connectivity index (χ1) is 13.0. The minimum Gasteiger partial charge on any atom is -0.493 e. The van der Waals surface area contributed by atoms with Gasteiger partial charge in [0.1, 0.15) is 0 Å². The van der Waals surface area contributed by atoms with E-state index in [9.17, 15) is 4.79 Å². The Bertz CT molecular complexity index is 969. The predicted octanol–water partition coefficient (Wildman–Crippen LogP) is 4.36. The second-order valence-electron chi connectivity index (χ2n) is 5.38. The summed E-state index contributed by atoms with van der Waals surface area (Å²) in [4.78, 5) is 16.5. The van der Waals surface area contributed by atoms with Crippen molar-refractivity contribution in [2.45, 2.75) is 0 Å². The van der Waals surface area contributed by atoms with E-state index >= 15 is 0 Å². The maximum absolute atomic E-state index is 12.3. The van der Waals surface area contributed by atoms with Gasteiger partial charge in [-0.3, -0.25) is 0 Å². The Hall–Kier alpha value is -2.70. The van der Waals surface area contributed by atoms with Gasteiger partial charge in [-0.25, -0.2) is 9.79 Å². The van der Waals surface area contributed by atoms with E-state index in [4.69, 9.17) is 42.1 Å². The van der Waals surface area contributed by atoms with Gasteiger partial charge in [0.25, 0.3) is 0 Å². The van der Waals surface area contributed by atoms with E-state index in [1.807, 2.05) is 0 Å². The number of ether oxygens (including phenoxy) is 4. The second kappa shape index (κ2) is 7.90. The average molecular weight is 408 g/mol. The summed E-state index contributed by atoms with van der Waals surface area (Å²) in [5.74, 6) is 0.779. The molecule has 140 valence electrons. The van der Waals surface area contributed by atoms with Crippen LogP contribution < -0.4 is 14.2 Å². The number of nitrogens with zero attached hydrogens (tertiary/aromatic N) is 1. The molecule has 2 aromatic carbocycles. The van der Waals surface area contributed by atoms with Crippen molar-refractivity contribution in [3.8, 4) is 17.2 Å². The van der Waals surface area contributed by atoms with Crippen molar-refractivity contribution in [2.24, 2.45) is 4.99 Å². The zero-order chi connectivity index (χ0) is 19.6. The summed E-state index contributed by atoms with van der Waals surface area (Å²) >= 11 is 12.1. The van der Waals surface area contributed by atoms with Gasteiger partial charge in [0.15, 0.2) is 17.2 Å². The van der Waals surface area contributed by atoms with E-state index in [-0.39, 0.29) is 11.6 Å². The highest BCUT2D eigenvalue weighted by molar-refractivity contribution is 6.36. The molecule has 1 aliphatic rings. The van der Waals surface area contributed by atoms with Crippen LogP contribution in [0.25, 0.3) is 6.08 Å². The van der Waals surface area contributed by atoms with E-state index < -0.39 is 5.97 Å². The average Bonchev–Trinajstić information content (AvgIpc) is 3.03. The fourth-order valence-corrected chi connectivity index (χ4v) is 2.94. The van der Waals surface area contributed by atoms with E-state index in [0.29, 0.717) is 38.4 Å². The molecule has 2 aromatic rings. The summed E-state index contributed by atoms with van der Waals surface area (Å²) in [5, 5.41) is 0.822. The molecule has 0 fully saturated rings. The molecular formula is C19H15Cl2NO5. The lowest BCUT2D eigenvalue weighted by molar-refractivity contribution is -0.129. The SMILES string of the molecule is COc1ccc(/C=C2/N=C(c3cc(Cl)ccc3Cl)OC2=O)c(OC)c1OC. The Labute approximate surface area is 165 Å². The van der Waals surface area contributed by atoms with Gasteiger partial charge in [0.05, 0.1) is 31.9 Å². The molecule has 0 radical (unpaired) electrons. The number of hydrogen-bond acceptors (Lipinski definition) is 6. The molecule has 0 amide bonds. The third-order valence-corrected chi connectivity index (χ3v) is 4.37. The van der Waals surface area contributed by atoms with Crippen molar-refractivity contribution in [3.63, 3.8) is 0 Å². The number of cyclic esters (lactones) is 1. The van der Waals surface area contributed by atoms with Gasteiger partial charge in [0, 0.05) is 10.6 Å². The molecule has 0 bridgehead atoms. The Balaban J connectivity index is 2.06. The highest BCUT2D eigenvalue weighted by Crippen LogP contribution is 2.41. The van der Waals surface area contributed by atoms with Crippen LogP contribution >= 0.6 is 23.2 Å². The monoisotopic (exact) mass is 407 g/mol. The van der Waals surface area contributed by atoms with Gasteiger partial charge < -0.3 is 18.9 Å². The largest absolute Gasteiger partial charge is 0.493 e. The van der Waals surface area contributed by atoms with Crippen molar-refractivity contribution in [3.05, 3.63) is 57.2 Å². The molecule has 27 heavy (non-hydrogen) atoms. The Morgan fingerprint density at radius 1 is 1.00 bits per heavy atom. The quantitative estimate of drug-likeness (QED) is 0.543. The molecule has 3 rings (SSSR count). The summed E-state index contributed by atoms with van der Waals surface area (Å²) < 4.78 is 21.3. The first-order valence-electron chi connectivity index (χ1n) is 7.75. The van der Waals surface area contributed by atoms with Crippen LogP contribution in [0.1, 0.15) is 11.1 Å². The van der Waals surface area contributed by atoms with Gasteiger partial charge in [-0.05, 0) is 36.4 Å². The van der Waals surface area contributed by atoms with Crippen LogP contribution in [-0.2, 0) is 9.53 Å². The Morgan fingerprint density at radius 3 is 2.41 bits per heavy atom. The normalized spacial score (nSPS) is 14.8. The number of methoxy groups -OCH3 is 3. The predicted molar refractivity (Wildman–Crippen MR) is 103 cm³/mol. The van der Waals surface area contributed by atoms with E-state index in [2.05, 4.69) is 4.99 Å². The molecule has 6 nitrogen and oxygen atoms in total. The molecule has 0 unspecified atom stereocenters. The molecule has 0 aliphatic carbocycles. The van der Waals surface area contributed by atoms with Crippen molar-refractivity contribution < 1.29 is 23.7 Å². The minimum atomic E-state index is -0.613. The molecule has 0 aromatic heterocycles. The zero-order valence-electron chi connectivity index (χ0n) is 14.7. The number of halogens is 2. The molecule has 0 saturated heterocycles. The number of hydrogen-bond donors (Lipinski definition) is 0. The first kappa shape index (κ1) is 19.1. The van der Waals surface area contributed by atoms with Gasteiger partial charge in [-0.2, -0.15) is 0 Å². The molecule has 0 atom stereocenters. The minimum absolute atomic E-state index is 0.0817. The number of esters is 1. The smallest absolute Gasteiger partial charge is 0.363 e. The lowest BCUT2D eigenvalue weighted by Gasteiger charge is -2.14. The summed E-state index contributed by atoms with van der Waals surface area (Å²) in [5.41, 5.74) is 1.09. The van der Waals surface area contributed by atoms with Gasteiger partial charge in [-0.1, -0.05) is 23.2 Å². The summed E-state index contributed by atoms with van der Waals surface area (Å²) in [7, 11) is 4.51. The van der Waals surface area contributed by atoms with Crippen molar-refractivity contribution >= 4 is 41.1 Å². The molecule has 0 N–H and O–H groups in total. The Morgan fingerprint density at radius 2 is 1.74 bits per heavy atom. The zero-order valence-corrected chi connectivity index (χ0v) is 16.2.